The highest BCUT2D eigenvalue weighted by Crippen LogP contribution is 2.28. The van der Waals surface area contributed by atoms with Gasteiger partial charge >= 0.3 is 12.2 Å². The lowest BCUT2D eigenvalue weighted by Gasteiger charge is -2.33. The van der Waals surface area contributed by atoms with Gasteiger partial charge in [0.15, 0.2) is 5.82 Å². The van der Waals surface area contributed by atoms with E-state index in [0.717, 1.165) is 47.1 Å². The third-order valence-corrected chi connectivity index (χ3v) is 8.17. The zero-order chi connectivity index (χ0) is 32.6. The van der Waals surface area contributed by atoms with Gasteiger partial charge in [-0.3, -0.25) is 4.68 Å². The van der Waals surface area contributed by atoms with Gasteiger partial charge in [-0.15, -0.1) is 0 Å². The van der Waals surface area contributed by atoms with E-state index in [1.54, 1.807) is 16.0 Å². The van der Waals surface area contributed by atoms with E-state index in [2.05, 4.69) is 49.2 Å². The highest BCUT2D eigenvalue weighted by atomic mass is 16.6. The lowest BCUT2D eigenvalue weighted by molar-refractivity contribution is 0.0184. The van der Waals surface area contributed by atoms with Crippen molar-refractivity contribution in [3.8, 4) is 17.1 Å². The quantitative estimate of drug-likeness (QED) is 0.274. The van der Waals surface area contributed by atoms with Crippen LogP contribution in [0.15, 0.2) is 55.2 Å². The molecule has 2 amide bonds. The van der Waals surface area contributed by atoms with Crippen LogP contribution in [0, 0.1) is 0 Å². The molecule has 1 atom stereocenters. The van der Waals surface area contributed by atoms with Crippen LogP contribution < -0.4 is 5.32 Å². The number of hydrogen-bond donors (Lipinski definition) is 1. The smallest absolute Gasteiger partial charge is 0.410 e. The molecule has 2 fully saturated rings. The van der Waals surface area contributed by atoms with E-state index >= 15 is 0 Å². The minimum Gasteiger partial charge on any atom is -0.444 e. The monoisotopic (exact) mass is 628 g/mol. The van der Waals surface area contributed by atoms with Crippen LogP contribution in [0.3, 0.4) is 0 Å². The Morgan fingerprint density at radius 1 is 0.848 bits per heavy atom. The summed E-state index contributed by atoms with van der Waals surface area (Å²) in [6.45, 7) is 13.8. The van der Waals surface area contributed by atoms with Gasteiger partial charge in [-0.1, -0.05) is 6.07 Å². The molecule has 1 unspecified atom stereocenters. The number of hydrogen-bond acceptors (Lipinski definition) is 8. The molecule has 12 heteroatoms. The molecule has 12 nitrogen and oxygen atoms in total. The lowest BCUT2D eigenvalue weighted by Crippen LogP contribution is -2.42. The van der Waals surface area contributed by atoms with E-state index in [0.29, 0.717) is 32.0 Å². The normalized spacial score (nSPS) is 17.8. The van der Waals surface area contributed by atoms with Crippen molar-refractivity contribution in [2.75, 3.05) is 31.5 Å². The molecule has 0 saturated carbocycles. The number of carbonyl (C=O) groups is 2. The van der Waals surface area contributed by atoms with Crippen LogP contribution in [0.2, 0.25) is 0 Å². The van der Waals surface area contributed by atoms with Gasteiger partial charge in [0.1, 0.15) is 11.2 Å². The summed E-state index contributed by atoms with van der Waals surface area (Å²) in [5.41, 5.74) is 2.72. The van der Waals surface area contributed by atoms with Gasteiger partial charge in [-0.05, 0) is 79.0 Å². The Bertz CT molecular complexity index is 1690. The van der Waals surface area contributed by atoms with Gasteiger partial charge in [0.05, 0.1) is 41.4 Å². The fraction of sp³-hybridized carbons (Fsp3) is 0.500. The number of rotatable bonds is 5. The molecular weight excluding hydrogens is 584 g/mol. The van der Waals surface area contributed by atoms with E-state index in [-0.39, 0.29) is 24.3 Å². The van der Waals surface area contributed by atoms with E-state index in [4.69, 9.17) is 9.47 Å². The van der Waals surface area contributed by atoms with Crippen LogP contribution in [-0.4, -0.2) is 89.7 Å². The molecule has 46 heavy (non-hydrogen) atoms. The molecule has 3 aromatic heterocycles. The summed E-state index contributed by atoms with van der Waals surface area (Å²) in [4.78, 5) is 37.8. The Morgan fingerprint density at radius 3 is 2.17 bits per heavy atom. The predicted molar refractivity (Wildman–Crippen MR) is 176 cm³/mol. The second-order valence-electron chi connectivity index (χ2n) is 14.2. The summed E-state index contributed by atoms with van der Waals surface area (Å²) >= 11 is 0. The summed E-state index contributed by atoms with van der Waals surface area (Å²) in [6, 6.07) is 8.71. The molecule has 1 N–H and O–H groups in total. The maximum absolute atomic E-state index is 12.5. The summed E-state index contributed by atoms with van der Waals surface area (Å²) in [6.07, 6.45) is 11.4. The number of nitrogens with one attached hydrogen (secondary N) is 1. The summed E-state index contributed by atoms with van der Waals surface area (Å²) in [5.74, 6) is 0.607. The Balaban J connectivity index is 1.08. The topological polar surface area (TPSA) is 120 Å². The van der Waals surface area contributed by atoms with Crippen LogP contribution in [-0.2, 0) is 9.47 Å². The molecule has 1 aromatic carbocycles. The highest BCUT2D eigenvalue weighted by molar-refractivity contribution is 5.85. The zero-order valence-corrected chi connectivity index (χ0v) is 27.6. The molecule has 0 radical (unpaired) electrons. The summed E-state index contributed by atoms with van der Waals surface area (Å²) in [5, 5.41) is 9.31. The van der Waals surface area contributed by atoms with E-state index in [1.165, 1.54) is 0 Å². The molecule has 2 aliphatic heterocycles. The first kappa shape index (κ1) is 31.4. The highest BCUT2D eigenvalue weighted by Gasteiger charge is 2.30. The molecular formula is C34H44N8O4. The first-order valence-corrected chi connectivity index (χ1v) is 16.0. The fourth-order valence-corrected chi connectivity index (χ4v) is 5.94. The van der Waals surface area contributed by atoms with Crippen molar-refractivity contribution in [1.29, 1.82) is 0 Å². The van der Waals surface area contributed by atoms with E-state index < -0.39 is 11.2 Å². The van der Waals surface area contributed by atoms with Crippen molar-refractivity contribution in [3.63, 3.8) is 0 Å². The molecule has 5 heterocycles. The number of nitrogens with zero attached hydrogens (tertiary/aromatic N) is 7. The second-order valence-corrected chi connectivity index (χ2v) is 14.2. The Kier molecular flexibility index (Phi) is 8.39. The van der Waals surface area contributed by atoms with Gasteiger partial charge < -0.3 is 29.2 Å². The van der Waals surface area contributed by atoms with Crippen molar-refractivity contribution in [1.82, 2.24) is 34.1 Å². The van der Waals surface area contributed by atoms with Crippen molar-refractivity contribution in [2.24, 2.45) is 0 Å². The maximum atomic E-state index is 12.5. The third kappa shape index (κ3) is 7.27. The van der Waals surface area contributed by atoms with Crippen LogP contribution in [0.4, 0.5) is 15.3 Å². The molecule has 0 bridgehead atoms. The third-order valence-electron chi connectivity index (χ3n) is 8.17. The van der Waals surface area contributed by atoms with Crippen molar-refractivity contribution in [3.05, 3.63) is 55.2 Å². The van der Waals surface area contributed by atoms with Gasteiger partial charge in [-0.25, -0.2) is 19.6 Å². The van der Waals surface area contributed by atoms with Crippen LogP contribution in [0.1, 0.15) is 66.8 Å². The first-order chi connectivity index (χ1) is 21.8. The number of carbonyl (C=O) groups excluding carboxylic acids is 2. The Morgan fingerprint density at radius 2 is 1.50 bits per heavy atom. The number of piperidine rings is 1. The predicted octanol–water partition coefficient (Wildman–Crippen LogP) is 6.28. The minimum atomic E-state index is -0.507. The van der Waals surface area contributed by atoms with Gasteiger partial charge in [-0.2, -0.15) is 5.10 Å². The number of ether oxygens (including phenoxy) is 2. The standard InChI is InChI=1S/C34H44N8O4/c1-33(2,3)45-31(43)39-14-11-27(12-15-39)42-21-24(18-37-42)30-35-19-28(20-36-30)41-16-9-23-7-8-25(17-29(23)41)38-26-10-13-40(22-26)32(44)46-34(4,5)6/h7-9,16-21,26-27,38H,10-15,22H2,1-6H3. The lowest BCUT2D eigenvalue weighted by atomic mass is 10.1. The second kappa shape index (κ2) is 12.3. The van der Waals surface area contributed by atoms with Gasteiger partial charge in [0, 0.05) is 55.7 Å². The summed E-state index contributed by atoms with van der Waals surface area (Å²) in [7, 11) is 0. The Labute approximate surface area is 269 Å². The number of anilines is 1. The van der Waals surface area contributed by atoms with Crippen LogP contribution >= 0.6 is 0 Å². The molecule has 244 valence electrons. The number of fused-ring (bicyclic) bond motifs is 1. The summed E-state index contributed by atoms with van der Waals surface area (Å²) < 4.78 is 15.1. The average Bonchev–Trinajstić information content (AvgIpc) is 3.76. The molecule has 0 aliphatic carbocycles. The molecule has 6 rings (SSSR count). The molecule has 2 saturated heterocycles. The van der Waals surface area contributed by atoms with Crippen molar-refractivity contribution in [2.45, 2.75) is 84.1 Å². The molecule has 4 aromatic rings. The SMILES string of the molecule is CC(C)(C)OC(=O)N1CCC(n2cc(-c3ncc(-n4ccc5ccc(NC6CCN(C(=O)OC(C)(C)C)C6)cc54)cn3)cn2)CC1. The van der Waals surface area contributed by atoms with Crippen LogP contribution in [0.5, 0.6) is 0 Å². The number of aromatic nitrogens is 5. The van der Waals surface area contributed by atoms with E-state index in [1.807, 2.05) is 71.0 Å². The maximum Gasteiger partial charge on any atom is 0.410 e. The Hall–Kier alpha value is -4.61. The van der Waals surface area contributed by atoms with Gasteiger partial charge in [0.2, 0.25) is 0 Å². The van der Waals surface area contributed by atoms with Crippen LogP contribution in [0.25, 0.3) is 28.0 Å². The first-order valence-electron chi connectivity index (χ1n) is 16.0. The largest absolute Gasteiger partial charge is 0.444 e. The molecule has 0 spiro atoms. The number of likely N-dealkylation sites (tertiary alicyclic amines) is 2. The van der Waals surface area contributed by atoms with E-state index in [9.17, 15) is 9.59 Å². The zero-order valence-electron chi connectivity index (χ0n) is 27.6. The average molecular weight is 629 g/mol. The number of benzene rings is 1. The van der Waals surface area contributed by atoms with Crippen molar-refractivity contribution < 1.29 is 19.1 Å². The molecule has 2 aliphatic rings. The number of amides is 2. The van der Waals surface area contributed by atoms with Gasteiger partial charge in [0.25, 0.3) is 0 Å². The minimum absolute atomic E-state index is 0.148. The van der Waals surface area contributed by atoms with Crippen molar-refractivity contribution >= 4 is 28.8 Å². The fourth-order valence-electron chi connectivity index (χ4n) is 5.94.